The fraction of sp³-hybridized carbons (Fsp3) is 0.462. The molecule has 1 amide bonds. The molecule has 1 aliphatic carbocycles. The highest BCUT2D eigenvalue weighted by Gasteiger charge is 2.23. The van der Waals surface area contributed by atoms with E-state index < -0.39 is 10.8 Å². The van der Waals surface area contributed by atoms with E-state index in [9.17, 15) is 9.00 Å². The van der Waals surface area contributed by atoms with E-state index in [4.69, 9.17) is 10.5 Å². The first-order chi connectivity index (χ1) is 9.10. The van der Waals surface area contributed by atoms with Crippen LogP contribution >= 0.6 is 0 Å². The Morgan fingerprint density at radius 3 is 2.89 bits per heavy atom. The third kappa shape index (κ3) is 3.96. The minimum absolute atomic E-state index is 0.0368. The molecule has 2 rings (SSSR count). The molecule has 0 spiro atoms. The zero-order chi connectivity index (χ0) is 13.8. The molecule has 3 N–H and O–H groups in total. The summed E-state index contributed by atoms with van der Waals surface area (Å²) in [7, 11) is 0.250. The van der Waals surface area contributed by atoms with E-state index in [-0.39, 0.29) is 12.3 Å². The van der Waals surface area contributed by atoms with Crippen LogP contribution in [0.3, 0.4) is 0 Å². The van der Waals surface area contributed by atoms with Crippen LogP contribution in [-0.4, -0.2) is 29.0 Å². The van der Waals surface area contributed by atoms with Gasteiger partial charge in [0.15, 0.2) is 0 Å². The molecule has 0 saturated heterocycles. The van der Waals surface area contributed by atoms with E-state index in [0.717, 1.165) is 12.8 Å². The summed E-state index contributed by atoms with van der Waals surface area (Å²) >= 11 is 0. The Balaban J connectivity index is 1.93. The van der Waals surface area contributed by atoms with Gasteiger partial charge >= 0.3 is 0 Å². The highest BCUT2D eigenvalue weighted by molar-refractivity contribution is 7.85. The van der Waals surface area contributed by atoms with Crippen LogP contribution in [0.2, 0.25) is 0 Å². The number of hydrogen-bond donors (Lipinski definition) is 2. The zero-order valence-electron chi connectivity index (χ0n) is 10.8. The van der Waals surface area contributed by atoms with Crippen molar-refractivity contribution in [3.63, 3.8) is 0 Å². The molecule has 1 aliphatic rings. The fourth-order valence-electron chi connectivity index (χ4n) is 1.70. The predicted octanol–water partition coefficient (Wildman–Crippen LogP) is 1.05. The molecule has 1 aromatic carbocycles. The lowest BCUT2D eigenvalue weighted by Gasteiger charge is -2.09. The van der Waals surface area contributed by atoms with Gasteiger partial charge in [-0.2, -0.15) is 0 Å². The first kappa shape index (κ1) is 13.9. The highest BCUT2D eigenvalue weighted by Crippen LogP contribution is 2.25. The molecule has 19 heavy (non-hydrogen) atoms. The van der Waals surface area contributed by atoms with Gasteiger partial charge in [-0.25, -0.2) is 0 Å². The molecule has 1 aromatic rings. The molecular weight excluding hydrogens is 264 g/mol. The van der Waals surface area contributed by atoms with Gasteiger partial charge in [0, 0.05) is 30.0 Å². The number of methoxy groups -OCH3 is 1. The molecule has 5 nitrogen and oxygen atoms in total. The van der Waals surface area contributed by atoms with E-state index in [0.29, 0.717) is 28.1 Å². The van der Waals surface area contributed by atoms with E-state index in [1.54, 1.807) is 18.2 Å². The molecule has 1 unspecified atom stereocenters. The van der Waals surface area contributed by atoms with Crippen LogP contribution in [0.25, 0.3) is 0 Å². The first-order valence-corrected chi connectivity index (χ1v) is 7.53. The summed E-state index contributed by atoms with van der Waals surface area (Å²) in [5.74, 6) is 0.755. The number of anilines is 1. The Bertz CT molecular complexity index is 501. The number of carbonyl (C=O) groups excluding carboxylic acids is 1. The first-order valence-electron chi connectivity index (χ1n) is 6.21. The molecule has 0 aromatic heterocycles. The van der Waals surface area contributed by atoms with Gasteiger partial charge in [-0.15, -0.1) is 0 Å². The van der Waals surface area contributed by atoms with Gasteiger partial charge in [0.2, 0.25) is 5.91 Å². The molecule has 1 saturated carbocycles. The third-order valence-corrected chi connectivity index (χ3v) is 4.29. The van der Waals surface area contributed by atoms with Gasteiger partial charge < -0.3 is 15.8 Å². The number of nitrogen functional groups attached to an aromatic ring is 1. The summed E-state index contributed by atoms with van der Waals surface area (Å²) < 4.78 is 17.3. The van der Waals surface area contributed by atoms with Crippen molar-refractivity contribution in [3.8, 4) is 5.75 Å². The maximum atomic E-state index is 12.2. The van der Waals surface area contributed by atoms with Crippen molar-refractivity contribution in [1.82, 2.24) is 5.32 Å². The Kier molecular flexibility index (Phi) is 4.42. The Morgan fingerprint density at radius 1 is 1.53 bits per heavy atom. The smallest absolute Gasteiger partial charge is 0.221 e. The second-order valence-corrected chi connectivity index (χ2v) is 6.09. The maximum absolute atomic E-state index is 12.2. The number of amides is 1. The van der Waals surface area contributed by atoms with Crippen molar-refractivity contribution in [3.05, 3.63) is 18.2 Å². The van der Waals surface area contributed by atoms with Crippen molar-refractivity contribution in [1.29, 1.82) is 0 Å². The number of ether oxygens (including phenoxy) is 1. The summed E-state index contributed by atoms with van der Waals surface area (Å²) in [6.45, 7) is 0. The maximum Gasteiger partial charge on any atom is 0.221 e. The normalized spacial score (nSPS) is 15.8. The van der Waals surface area contributed by atoms with E-state index in [1.807, 2.05) is 0 Å². The summed E-state index contributed by atoms with van der Waals surface area (Å²) in [5, 5.41) is 2.87. The summed E-state index contributed by atoms with van der Waals surface area (Å²) in [4.78, 5) is 12.1. The Hall–Kier alpha value is -1.56. The van der Waals surface area contributed by atoms with Crippen molar-refractivity contribution < 1.29 is 13.7 Å². The molecular formula is C13H18N2O3S. The molecule has 0 radical (unpaired) electrons. The Morgan fingerprint density at radius 2 is 2.26 bits per heavy atom. The quantitative estimate of drug-likeness (QED) is 0.764. The molecule has 0 bridgehead atoms. The highest BCUT2D eigenvalue weighted by atomic mass is 32.2. The van der Waals surface area contributed by atoms with Crippen LogP contribution < -0.4 is 15.8 Å². The largest absolute Gasteiger partial charge is 0.495 e. The number of rotatable bonds is 6. The van der Waals surface area contributed by atoms with Crippen molar-refractivity contribution in [2.24, 2.45) is 0 Å². The topological polar surface area (TPSA) is 81.4 Å². The fourth-order valence-corrected chi connectivity index (χ4v) is 2.87. The molecule has 6 heteroatoms. The number of carbonyl (C=O) groups is 1. The average molecular weight is 282 g/mol. The van der Waals surface area contributed by atoms with Crippen molar-refractivity contribution in [2.75, 3.05) is 18.6 Å². The van der Waals surface area contributed by atoms with E-state index in [1.165, 1.54) is 7.11 Å². The zero-order valence-corrected chi connectivity index (χ0v) is 11.7. The molecule has 0 aliphatic heterocycles. The van der Waals surface area contributed by atoms with E-state index >= 15 is 0 Å². The molecule has 0 heterocycles. The number of hydrogen-bond acceptors (Lipinski definition) is 4. The lowest BCUT2D eigenvalue weighted by molar-refractivity contribution is -0.120. The van der Waals surface area contributed by atoms with Crippen molar-refractivity contribution in [2.45, 2.75) is 30.2 Å². The summed E-state index contributed by atoms with van der Waals surface area (Å²) in [6.07, 6.45) is 2.37. The van der Waals surface area contributed by atoms with Gasteiger partial charge in [0.1, 0.15) is 5.75 Å². The van der Waals surface area contributed by atoms with Gasteiger partial charge in [-0.05, 0) is 25.0 Å². The second-order valence-electron chi connectivity index (χ2n) is 4.55. The van der Waals surface area contributed by atoms with Gasteiger partial charge in [-0.3, -0.25) is 9.00 Å². The lowest BCUT2D eigenvalue weighted by Crippen LogP contribution is -2.26. The lowest BCUT2D eigenvalue weighted by atomic mass is 10.3. The molecule has 1 fully saturated rings. The van der Waals surface area contributed by atoms with Crippen LogP contribution in [-0.2, 0) is 15.6 Å². The van der Waals surface area contributed by atoms with Crippen molar-refractivity contribution >= 4 is 22.4 Å². The standard InChI is InChI=1S/C13H18N2O3S/c1-18-11-8-9(14)2-5-12(11)19(17)7-6-13(16)15-10-3-4-10/h2,5,8,10H,3-4,6-7,14H2,1H3,(H,15,16). The average Bonchev–Trinajstić information content (AvgIpc) is 3.19. The van der Waals surface area contributed by atoms with Gasteiger partial charge in [-0.1, -0.05) is 0 Å². The van der Waals surface area contributed by atoms with Crippen LogP contribution in [0.15, 0.2) is 23.1 Å². The van der Waals surface area contributed by atoms with Gasteiger partial charge in [0.25, 0.3) is 0 Å². The van der Waals surface area contributed by atoms with Crippen LogP contribution in [0, 0.1) is 0 Å². The second kappa shape index (κ2) is 6.06. The van der Waals surface area contributed by atoms with Crippen LogP contribution in [0.4, 0.5) is 5.69 Å². The molecule has 1 atom stereocenters. The summed E-state index contributed by atoms with van der Waals surface area (Å²) in [5.41, 5.74) is 6.20. The minimum atomic E-state index is -1.26. The summed E-state index contributed by atoms with van der Waals surface area (Å²) in [6, 6.07) is 5.34. The monoisotopic (exact) mass is 282 g/mol. The molecule has 104 valence electrons. The third-order valence-electron chi connectivity index (χ3n) is 2.89. The van der Waals surface area contributed by atoms with Crippen LogP contribution in [0.5, 0.6) is 5.75 Å². The Labute approximate surface area is 115 Å². The number of nitrogens with one attached hydrogen (secondary N) is 1. The van der Waals surface area contributed by atoms with Gasteiger partial charge in [0.05, 0.1) is 22.8 Å². The predicted molar refractivity (Wildman–Crippen MR) is 74.5 cm³/mol. The minimum Gasteiger partial charge on any atom is -0.495 e. The van der Waals surface area contributed by atoms with Crippen LogP contribution in [0.1, 0.15) is 19.3 Å². The number of nitrogens with two attached hydrogens (primary N) is 1. The number of benzene rings is 1. The van der Waals surface area contributed by atoms with E-state index in [2.05, 4.69) is 5.32 Å². The SMILES string of the molecule is COc1cc(N)ccc1S(=O)CCC(=O)NC1CC1.